The highest BCUT2D eigenvalue weighted by Crippen LogP contribution is 2.23. The molecule has 2 aromatic rings. The molecule has 0 unspecified atom stereocenters. The van der Waals surface area contributed by atoms with Crippen molar-refractivity contribution in [2.24, 2.45) is 0 Å². The highest BCUT2D eigenvalue weighted by molar-refractivity contribution is 6.34. The van der Waals surface area contributed by atoms with Crippen LogP contribution in [0.2, 0.25) is 5.02 Å². The number of nitrogens with zero attached hydrogens (tertiary/aromatic N) is 1. The zero-order valence-corrected chi connectivity index (χ0v) is 16.6. The molecule has 0 saturated carbocycles. The van der Waals surface area contributed by atoms with Crippen molar-refractivity contribution < 1.29 is 14.3 Å². The number of pyridine rings is 1. The number of hydrogen-bond acceptors (Lipinski definition) is 4. The lowest BCUT2D eigenvalue weighted by Gasteiger charge is -2.10. The van der Waals surface area contributed by atoms with Crippen LogP contribution in [0.3, 0.4) is 0 Å². The van der Waals surface area contributed by atoms with E-state index in [-0.39, 0.29) is 6.61 Å². The number of urea groups is 1. The van der Waals surface area contributed by atoms with Crippen molar-refractivity contribution in [2.45, 2.75) is 27.7 Å². The first-order valence-corrected chi connectivity index (χ1v) is 8.91. The Labute approximate surface area is 164 Å². The summed E-state index contributed by atoms with van der Waals surface area (Å²) in [6.45, 7) is 8.02. The number of benzene rings is 1. The number of hydrogen-bond donors (Lipinski definition) is 2. The molecule has 1 heterocycles. The third kappa shape index (κ3) is 7.92. The van der Waals surface area contributed by atoms with Crippen molar-refractivity contribution >= 4 is 35.0 Å². The Morgan fingerprint density at radius 2 is 1.78 bits per heavy atom. The molecule has 1 aromatic heterocycles. The van der Waals surface area contributed by atoms with Crippen LogP contribution in [-0.4, -0.2) is 23.6 Å². The number of allylic oxidation sites excluding steroid dienone is 1. The molecule has 0 fully saturated rings. The standard InChI is InChI=1S/C18H18ClN3O3.C2H6/c1-12(2)7-10-25-17(23)13-3-4-15(19)16(11-13)22-18(24)21-14-5-8-20-9-6-14;1-2/h3-9,11H,10H2,1-2H3,(H2,20,21,22,24);1-2H3. The van der Waals surface area contributed by atoms with Crippen LogP contribution in [0.1, 0.15) is 38.1 Å². The lowest BCUT2D eigenvalue weighted by Crippen LogP contribution is -2.20. The SMILES string of the molecule is CC.CC(C)=CCOC(=O)c1ccc(Cl)c(NC(=O)Nc2ccncc2)c1. The summed E-state index contributed by atoms with van der Waals surface area (Å²) in [5, 5.41) is 5.56. The molecule has 0 radical (unpaired) electrons. The molecule has 0 bridgehead atoms. The van der Waals surface area contributed by atoms with E-state index < -0.39 is 12.0 Å². The van der Waals surface area contributed by atoms with Gasteiger partial charge in [-0.05, 0) is 50.3 Å². The van der Waals surface area contributed by atoms with Gasteiger partial charge in [-0.1, -0.05) is 31.0 Å². The molecule has 0 spiro atoms. The van der Waals surface area contributed by atoms with Crippen molar-refractivity contribution in [1.29, 1.82) is 0 Å². The Morgan fingerprint density at radius 3 is 2.41 bits per heavy atom. The average Bonchev–Trinajstić information content (AvgIpc) is 2.65. The van der Waals surface area contributed by atoms with E-state index in [0.29, 0.717) is 22.0 Å². The second-order valence-electron chi connectivity index (χ2n) is 5.39. The maximum absolute atomic E-state index is 12.0. The summed E-state index contributed by atoms with van der Waals surface area (Å²) in [6.07, 6.45) is 4.92. The number of esters is 1. The van der Waals surface area contributed by atoms with E-state index in [2.05, 4.69) is 15.6 Å². The van der Waals surface area contributed by atoms with Gasteiger partial charge in [0.15, 0.2) is 0 Å². The van der Waals surface area contributed by atoms with Crippen LogP contribution in [0.5, 0.6) is 0 Å². The normalized spacial score (nSPS) is 9.37. The van der Waals surface area contributed by atoms with Crippen molar-refractivity contribution in [3.63, 3.8) is 0 Å². The zero-order chi connectivity index (χ0) is 20.2. The van der Waals surface area contributed by atoms with E-state index in [1.54, 1.807) is 36.7 Å². The second kappa shape index (κ2) is 11.7. The first-order chi connectivity index (χ1) is 13.0. The summed E-state index contributed by atoms with van der Waals surface area (Å²) in [5.41, 5.74) is 2.25. The topological polar surface area (TPSA) is 80.3 Å². The van der Waals surface area contributed by atoms with E-state index >= 15 is 0 Å². The van der Waals surface area contributed by atoms with Crippen LogP contribution in [0.15, 0.2) is 54.4 Å². The molecule has 1 aromatic carbocycles. The Morgan fingerprint density at radius 1 is 1.11 bits per heavy atom. The van der Waals surface area contributed by atoms with Crippen LogP contribution in [0.25, 0.3) is 0 Å². The van der Waals surface area contributed by atoms with Crippen molar-refractivity contribution in [3.8, 4) is 0 Å². The molecule has 0 aliphatic rings. The van der Waals surface area contributed by atoms with Crippen molar-refractivity contribution in [2.75, 3.05) is 17.2 Å². The van der Waals surface area contributed by atoms with Gasteiger partial charge < -0.3 is 15.4 Å². The zero-order valence-electron chi connectivity index (χ0n) is 15.9. The van der Waals surface area contributed by atoms with Gasteiger partial charge in [0.1, 0.15) is 6.61 Å². The number of amides is 2. The van der Waals surface area contributed by atoms with Crippen LogP contribution in [0.4, 0.5) is 16.2 Å². The van der Waals surface area contributed by atoms with Crippen molar-refractivity contribution in [3.05, 3.63) is 65.0 Å². The molecule has 2 amide bonds. The van der Waals surface area contributed by atoms with Crippen LogP contribution in [-0.2, 0) is 4.74 Å². The Kier molecular flexibility index (Phi) is 9.61. The molecule has 0 aliphatic heterocycles. The molecule has 0 saturated heterocycles. The maximum atomic E-state index is 12.0. The van der Waals surface area contributed by atoms with E-state index in [1.165, 1.54) is 12.1 Å². The van der Waals surface area contributed by atoms with Gasteiger partial charge in [0.2, 0.25) is 0 Å². The van der Waals surface area contributed by atoms with Gasteiger partial charge in [0, 0.05) is 18.1 Å². The predicted octanol–water partition coefficient (Wildman–Crippen LogP) is 5.53. The number of halogens is 1. The summed E-state index contributed by atoms with van der Waals surface area (Å²) < 4.78 is 5.14. The van der Waals surface area contributed by atoms with Gasteiger partial charge in [-0.2, -0.15) is 0 Å². The minimum Gasteiger partial charge on any atom is -0.458 e. The highest BCUT2D eigenvalue weighted by atomic mass is 35.5. The van der Waals surface area contributed by atoms with Crippen LogP contribution >= 0.6 is 11.6 Å². The summed E-state index contributed by atoms with van der Waals surface area (Å²) in [6, 6.07) is 7.36. The summed E-state index contributed by atoms with van der Waals surface area (Å²) >= 11 is 6.08. The molecular formula is C20H24ClN3O3. The first-order valence-electron chi connectivity index (χ1n) is 8.54. The molecule has 2 N–H and O–H groups in total. The molecule has 27 heavy (non-hydrogen) atoms. The maximum Gasteiger partial charge on any atom is 0.338 e. The van der Waals surface area contributed by atoms with Gasteiger partial charge >= 0.3 is 12.0 Å². The summed E-state index contributed by atoms with van der Waals surface area (Å²) in [4.78, 5) is 27.9. The van der Waals surface area contributed by atoms with E-state index in [0.717, 1.165) is 5.57 Å². The number of carbonyl (C=O) groups is 2. The number of rotatable bonds is 5. The van der Waals surface area contributed by atoms with Gasteiger partial charge in [-0.3, -0.25) is 4.98 Å². The third-order valence-electron chi connectivity index (χ3n) is 3.09. The fraction of sp³-hybridized carbons (Fsp3) is 0.250. The monoisotopic (exact) mass is 389 g/mol. The van der Waals surface area contributed by atoms with E-state index in [4.69, 9.17) is 16.3 Å². The molecule has 2 rings (SSSR count). The van der Waals surface area contributed by atoms with Gasteiger partial charge in [0.05, 0.1) is 16.3 Å². The van der Waals surface area contributed by atoms with Gasteiger partial charge in [-0.25, -0.2) is 9.59 Å². The Balaban J connectivity index is 0.00000176. The first kappa shape index (κ1) is 22.2. The molecule has 144 valence electrons. The minimum atomic E-state index is -0.494. The lowest BCUT2D eigenvalue weighted by atomic mass is 10.2. The number of ether oxygens (including phenoxy) is 1. The Hall–Kier alpha value is -2.86. The highest BCUT2D eigenvalue weighted by Gasteiger charge is 2.12. The molecule has 0 aliphatic carbocycles. The van der Waals surface area contributed by atoms with Gasteiger partial charge in [-0.15, -0.1) is 0 Å². The molecule has 6 nitrogen and oxygen atoms in total. The summed E-state index contributed by atoms with van der Waals surface area (Å²) in [7, 11) is 0. The summed E-state index contributed by atoms with van der Waals surface area (Å²) in [5.74, 6) is -0.494. The lowest BCUT2D eigenvalue weighted by molar-refractivity contribution is 0.0549. The number of anilines is 2. The fourth-order valence-corrected chi connectivity index (χ4v) is 2.00. The Bertz CT molecular complexity index is 788. The molecule has 0 atom stereocenters. The third-order valence-corrected chi connectivity index (χ3v) is 3.42. The van der Waals surface area contributed by atoms with Gasteiger partial charge in [0.25, 0.3) is 0 Å². The van der Waals surface area contributed by atoms with Crippen LogP contribution in [0, 0.1) is 0 Å². The predicted molar refractivity (Wildman–Crippen MR) is 109 cm³/mol. The van der Waals surface area contributed by atoms with Crippen LogP contribution < -0.4 is 10.6 Å². The minimum absolute atomic E-state index is 0.190. The van der Waals surface area contributed by atoms with E-state index in [9.17, 15) is 9.59 Å². The second-order valence-corrected chi connectivity index (χ2v) is 5.80. The molecular weight excluding hydrogens is 366 g/mol. The quantitative estimate of drug-likeness (QED) is 0.520. The van der Waals surface area contributed by atoms with Crippen molar-refractivity contribution in [1.82, 2.24) is 4.98 Å². The molecule has 7 heteroatoms. The fourth-order valence-electron chi connectivity index (χ4n) is 1.84. The van der Waals surface area contributed by atoms with E-state index in [1.807, 2.05) is 27.7 Å². The average molecular weight is 390 g/mol. The number of aromatic nitrogens is 1. The largest absolute Gasteiger partial charge is 0.458 e. The number of nitrogens with one attached hydrogen (secondary N) is 2. The smallest absolute Gasteiger partial charge is 0.338 e. The number of carbonyl (C=O) groups excluding carboxylic acids is 2.